The van der Waals surface area contributed by atoms with Gasteiger partial charge in [0.15, 0.2) is 5.82 Å². The molecule has 0 aliphatic carbocycles. The summed E-state index contributed by atoms with van der Waals surface area (Å²) in [6, 6.07) is 18.9. The van der Waals surface area contributed by atoms with E-state index in [-0.39, 0.29) is 0 Å². The van der Waals surface area contributed by atoms with Gasteiger partial charge in [-0.15, -0.1) is 0 Å². The molecule has 0 radical (unpaired) electrons. The Morgan fingerprint density at radius 3 is 2.37 bits per heavy atom. The average Bonchev–Trinajstić information content (AvgIpc) is 3.12. The van der Waals surface area contributed by atoms with Crippen LogP contribution < -0.4 is 4.90 Å². The molecule has 0 N–H and O–H groups in total. The summed E-state index contributed by atoms with van der Waals surface area (Å²) < 4.78 is 2.29. The van der Waals surface area contributed by atoms with Crippen LogP contribution >= 0.6 is 0 Å². The number of hydrogen-bond acceptors (Lipinski definition) is 3. The van der Waals surface area contributed by atoms with Gasteiger partial charge in [0.25, 0.3) is 0 Å². The molecule has 30 heavy (non-hydrogen) atoms. The third-order valence-corrected chi connectivity index (χ3v) is 5.42. The number of hydrogen-bond donors (Lipinski definition) is 0. The molecule has 0 saturated carbocycles. The second-order valence-corrected chi connectivity index (χ2v) is 7.66. The molecular formula is C26H32N4. The predicted molar refractivity (Wildman–Crippen MR) is 128 cm³/mol. The summed E-state index contributed by atoms with van der Waals surface area (Å²) in [5, 5.41) is 0. The minimum atomic E-state index is 0.719. The van der Waals surface area contributed by atoms with Crippen molar-refractivity contribution < 1.29 is 0 Å². The lowest BCUT2D eigenvalue weighted by Gasteiger charge is -2.25. The van der Waals surface area contributed by atoms with E-state index in [2.05, 4.69) is 92.1 Å². The Morgan fingerprint density at radius 1 is 1.07 bits per heavy atom. The number of imidazole rings is 1. The molecule has 0 amide bonds. The summed E-state index contributed by atoms with van der Waals surface area (Å²) in [4.78, 5) is 9.29. The standard InChI is InChI=1S/C26H32N4/c1-7-18-29(6)21(4)24-26(28(5)8-2)27-25(23-17-13-12-14-20(23)3)30(24)19-22-15-10-9-11-16-22/h8-17H,2,4,7,18-19H2,1,3,5-6H3. The lowest BCUT2D eigenvalue weighted by Crippen LogP contribution is -2.21. The van der Waals surface area contributed by atoms with Crippen LogP contribution in [0.5, 0.6) is 0 Å². The zero-order valence-electron chi connectivity index (χ0n) is 18.6. The first-order valence-electron chi connectivity index (χ1n) is 10.4. The van der Waals surface area contributed by atoms with Crippen molar-refractivity contribution in [2.24, 2.45) is 0 Å². The van der Waals surface area contributed by atoms with Crippen LogP contribution in [0.3, 0.4) is 0 Å². The topological polar surface area (TPSA) is 24.3 Å². The first-order chi connectivity index (χ1) is 14.5. The van der Waals surface area contributed by atoms with E-state index in [1.807, 2.05) is 18.0 Å². The van der Waals surface area contributed by atoms with Gasteiger partial charge >= 0.3 is 0 Å². The van der Waals surface area contributed by atoms with Crippen LogP contribution in [-0.4, -0.2) is 35.1 Å². The van der Waals surface area contributed by atoms with Crippen LogP contribution in [-0.2, 0) is 6.54 Å². The predicted octanol–water partition coefficient (Wildman–Crippen LogP) is 5.80. The van der Waals surface area contributed by atoms with Crippen LogP contribution in [0.1, 0.15) is 30.2 Å². The highest BCUT2D eigenvalue weighted by Gasteiger charge is 2.24. The third-order valence-electron chi connectivity index (χ3n) is 5.42. The first kappa shape index (κ1) is 21.4. The molecule has 0 atom stereocenters. The highest BCUT2D eigenvalue weighted by molar-refractivity contribution is 5.76. The molecule has 1 heterocycles. The fourth-order valence-corrected chi connectivity index (χ4v) is 3.66. The molecule has 0 aliphatic heterocycles. The molecule has 0 bridgehead atoms. The van der Waals surface area contributed by atoms with Gasteiger partial charge in [-0.05, 0) is 30.7 Å². The van der Waals surface area contributed by atoms with Gasteiger partial charge in [-0.2, -0.15) is 0 Å². The van der Waals surface area contributed by atoms with Crippen LogP contribution in [0.4, 0.5) is 5.82 Å². The number of nitrogens with zero attached hydrogens (tertiary/aromatic N) is 4. The molecule has 4 heteroatoms. The van der Waals surface area contributed by atoms with Crippen molar-refractivity contribution in [2.75, 3.05) is 25.5 Å². The summed E-state index contributed by atoms with van der Waals surface area (Å²) >= 11 is 0. The highest BCUT2D eigenvalue weighted by atomic mass is 15.3. The van der Waals surface area contributed by atoms with Crippen molar-refractivity contribution in [2.45, 2.75) is 26.8 Å². The minimum Gasteiger partial charge on any atom is -0.373 e. The van der Waals surface area contributed by atoms with E-state index in [1.54, 1.807) is 6.20 Å². The number of rotatable bonds is 9. The quantitative estimate of drug-likeness (QED) is 0.454. The van der Waals surface area contributed by atoms with E-state index in [0.717, 1.165) is 48.1 Å². The SMILES string of the molecule is C=CN(C)c1nc(-c2ccccc2C)n(Cc2ccccc2)c1C(=C)N(C)CCC. The van der Waals surface area contributed by atoms with Gasteiger partial charge in [-0.1, -0.05) is 74.7 Å². The van der Waals surface area contributed by atoms with Crippen LogP contribution in [0.2, 0.25) is 0 Å². The zero-order chi connectivity index (χ0) is 21.7. The maximum atomic E-state index is 5.10. The van der Waals surface area contributed by atoms with Crippen LogP contribution in [0.25, 0.3) is 17.1 Å². The fourth-order valence-electron chi connectivity index (χ4n) is 3.66. The smallest absolute Gasteiger partial charge is 0.160 e. The maximum Gasteiger partial charge on any atom is 0.160 e. The molecule has 0 aliphatic rings. The van der Waals surface area contributed by atoms with Gasteiger partial charge in [-0.25, -0.2) is 4.98 Å². The summed E-state index contributed by atoms with van der Waals surface area (Å²) in [6.07, 6.45) is 2.85. The molecule has 156 valence electrons. The van der Waals surface area contributed by atoms with Crippen LogP contribution in [0.15, 0.2) is 74.0 Å². The Labute approximate surface area is 180 Å². The molecule has 2 aromatic carbocycles. The van der Waals surface area contributed by atoms with E-state index >= 15 is 0 Å². The summed E-state index contributed by atoms with van der Waals surface area (Å²) in [6.45, 7) is 14.4. The number of benzene rings is 2. The molecule has 0 spiro atoms. The molecule has 0 saturated heterocycles. The number of aryl methyl sites for hydroxylation is 1. The zero-order valence-corrected chi connectivity index (χ0v) is 18.6. The van der Waals surface area contributed by atoms with Crippen molar-refractivity contribution in [1.82, 2.24) is 14.5 Å². The Morgan fingerprint density at radius 2 is 1.73 bits per heavy atom. The molecule has 3 aromatic rings. The van der Waals surface area contributed by atoms with E-state index in [0.29, 0.717) is 0 Å². The molecule has 0 fully saturated rings. The second kappa shape index (κ2) is 9.49. The molecule has 0 unspecified atom stereocenters. The summed E-state index contributed by atoms with van der Waals surface area (Å²) in [5.41, 5.74) is 5.54. The minimum absolute atomic E-state index is 0.719. The Kier molecular flexibility index (Phi) is 6.78. The fraction of sp³-hybridized carbons (Fsp3) is 0.269. The largest absolute Gasteiger partial charge is 0.373 e. The van der Waals surface area contributed by atoms with Crippen molar-refractivity contribution in [3.63, 3.8) is 0 Å². The Balaban J connectivity index is 2.27. The van der Waals surface area contributed by atoms with Crippen molar-refractivity contribution in [3.8, 4) is 11.4 Å². The number of anilines is 1. The van der Waals surface area contributed by atoms with E-state index < -0.39 is 0 Å². The van der Waals surface area contributed by atoms with Crippen molar-refractivity contribution >= 4 is 11.5 Å². The van der Waals surface area contributed by atoms with E-state index in [9.17, 15) is 0 Å². The number of aromatic nitrogens is 2. The summed E-state index contributed by atoms with van der Waals surface area (Å²) in [7, 11) is 4.08. The monoisotopic (exact) mass is 400 g/mol. The maximum absolute atomic E-state index is 5.10. The highest BCUT2D eigenvalue weighted by Crippen LogP contribution is 2.35. The molecule has 4 nitrogen and oxygen atoms in total. The first-order valence-corrected chi connectivity index (χ1v) is 10.4. The van der Waals surface area contributed by atoms with Gasteiger partial charge in [0.1, 0.15) is 11.5 Å². The van der Waals surface area contributed by atoms with Gasteiger partial charge in [0.05, 0.1) is 5.70 Å². The average molecular weight is 401 g/mol. The van der Waals surface area contributed by atoms with Crippen LogP contribution in [0, 0.1) is 6.92 Å². The molecular weight excluding hydrogens is 368 g/mol. The second-order valence-electron chi connectivity index (χ2n) is 7.66. The van der Waals surface area contributed by atoms with Gasteiger partial charge < -0.3 is 14.4 Å². The Bertz CT molecular complexity index is 1020. The third kappa shape index (κ3) is 4.33. The molecule has 1 aromatic heterocycles. The summed E-state index contributed by atoms with van der Waals surface area (Å²) in [5.74, 6) is 1.81. The van der Waals surface area contributed by atoms with E-state index in [1.165, 1.54) is 11.1 Å². The van der Waals surface area contributed by atoms with Gasteiger partial charge in [0.2, 0.25) is 0 Å². The normalized spacial score (nSPS) is 10.7. The van der Waals surface area contributed by atoms with Gasteiger partial charge in [0, 0.05) is 32.7 Å². The Hall–Kier alpha value is -3.27. The van der Waals surface area contributed by atoms with Crippen molar-refractivity contribution in [1.29, 1.82) is 0 Å². The van der Waals surface area contributed by atoms with Crippen molar-refractivity contribution in [3.05, 3.63) is 90.8 Å². The lowest BCUT2D eigenvalue weighted by molar-refractivity contribution is 0.474. The lowest BCUT2D eigenvalue weighted by atomic mass is 10.1. The van der Waals surface area contributed by atoms with E-state index in [4.69, 9.17) is 4.98 Å². The molecule has 3 rings (SSSR count). The van der Waals surface area contributed by atoms with Gasteiger partial charge in [-0.3, -0.25) is 0 Å².